The van der Waals surface area contributed by atoms with E-state index in [-0.39, 0.29) is 23.3 Å². The second-order valence-electron chi connectivity index (χ2n) is 4.89. The summed E-state index contributed by atoms with van der Waals surface area (Å²) in [4.78, 5) is 23.0. The zero-order chi connectivity index (χ0) is 12.9. The Bertz CT molecular complexity index is 283. The molecule has 0 bridgehead atoms. The first-order valence-corrected chi connectivity index (χ1v) is 6.70. The molecular weight excluding hydrogens is 216 g/mol. The van der Waals surface area contributed by atoms with Crippen LogP contribution in [0.1, 0.15) is 52.9 Å². The van der Waals surface area contributed by atoms with Crippen LogP contribution in [-0.2, 0) is 9.59 Å². The number of nitrogens with one attached hydrogen (secondary N) is 2. The molecule has 0 aromatic carbocycles. The highest BCUT2D eigenvalue weighted by Crippen LogP contribution is 2.35. The Kier molecular flexibility index (Phi) is 4.97. The van der Waals surface area contributed by atoms with Gasteiger partial charge in [0.2, 0.25) is 11.8 Å². The molecule has 2 amide bonds. The molecule has 0 radical (unpaired) electrons. The number of amides is 2. The van der Waals surface area contributed by atoms with Crippen molar-refractivity contribution in [3.63, 3.8) is 0 Å². The number of carbonyl (C=O) groups is 2. The van der Waals surface area contributed by atoms with Crippen molar-refractivity contribution in [2.75, 3.05) is 6.54 Å². The summed E-state index contributed by atoms with van der Waals surface area (Å²) in [6.45, 7) is 6.60. The molecular formula is C13H24N2O2. The predicted molar refractivity (Wildman–Crippen MR) is 67.5 cm³/mol. The largest absolute Gasteiger partial charge is 0.352 e. The minimum atomic E-state index is -0.281. The first-order valence-electron chi connectivity index (χ1n) is 6.70. The molecule has 2 rings (SSSR count). The molecule has 1 aliphatic carbocycles. The van der Waals surface area contributed by atoms with Gasteiger partial charge in [-0.2, -0.15) is 0 Å². The minimum Gasteiger partial charge on any atom is -0.352 e. The molecule has 98 valence electrons. The predicted octanol–water partition coefficient (Wildman–Crippen LogP) is 1.60. The van der Waals surface area contributed by atoms with Crippen LogP contribution in [-0.4, -0.2) is 24.4 Å². The number of hydrogen-bond acceptors (Lipinski definition) is 2. The summed E-state index contributed by atoms with van der Waals surface area (Å²) < 4.78 is 0. The molecule has 1 saturated carbocycles. The van der Waals surface area contributed by atoms with Gasteiger partial charge in [-0.05, 0) is 12.8 Å². The van der Waals surface area contributed by atoms with Gasteiger partial charge in [-0.15, -0.1) is 0 Å². The summed E-state index contributed by atoms with van der Waals surface area (Å²) in [7, 11) is 0. The monoisotopic (exact) mass is 240 g/mol. The third-order valence-corrected chi connectivity index (χ3v) is 3.61. The van der Waals surface area contributed by atoms with Gasteiger partial charge in [-0.1, -0.05) is 40.0 Å². The fourth-order valence-corrected chi connectivity index (χ4v) is 2.30. The van der Waals surface area contributed by atoms with E-state index in [4.69, 9.17) is 0 Å². The van der Waals surface area contributed by atoms with Crippen molar-refractivity contribution in [3.8, 4) is 0 Å². The zero-order valence-electron chi connectivity index (χ0n) is 11.1. The van der Waals surface area contributed by atoms with Crippen LogP contribution in [0.15, 0.2) is 0 Å². The van der Waals surface area contributed by atoms with Gasteiger partial charge in [-0.3, -0.25) is 9.59 Å². The molecule has 1 heterocycles. The zero-order valence-corrected chi connectivity index (χ0v) is 11.1. The third-order valence-electron chi connectivity index (χ3n) is 3.61. The first-order chi connectivity index (χ1) is 8.12. The highest BCUT2D eigenvalue weighted by atomic mass is 16.2. The van der Waals surface area contributed by atoms with E-state index < -0.39 is 0 Å². The lowest BCUT2D eigenvalue weighted by atomic mass is 9.75. The number of rotatable bonds is 2. The van der Waals surface area contributed by atoms with E-state index in [9.17, 15) is 9.59 Å². The lowest BCUT2D eigenvalue weighted by molar-refractivity contribution is -0.138. The van der Waals surface area contributed by atoms with E-state index in [0.717, 1.165) is 25.7 Å². The summed E-state index contributed by atoms with van der Waals surface area (Å²) in [6.07, 6.45) is 5.38. The van der Waals surface area contributed by atoms with E-state index in [0.29, 0.717) is 6.54 Å². The van der Waals surface area contributed by atoms with Crippen LogP contribution in [0.2, 0.25) is 0 Å². The van der Waals surface area contributed by atoms with Crippen molar-refractivity contribution in [2.45, 2.75) is 58.9 Å². The summed E-state index contributed by atoms with van der Waals surface area (Å²) in [5, 5.41) is 5.45. The Balaban J connectivity index is 0.000000686. The van der Waals surface area contributed by atoms with E-state index >= 15 is 0 Å². The molecule has 0 spiro atoms. The van der Waals surface area contributed by atoms with Crippen LogP contribution >= 0.6 is 0 Å². The average molecular weight is 240 g/mol. The molecule has 2 N–H and O–H groups in total. The molecule has 4 nitrogen and oxygen atoms in total. The Morgan fingerprint density at radius 2 is 1.88 bits per heavy atom. The summed E-state index contributed by atoms with van der Waals surface area (Å²) in [5.41, 5.74) is -0.242. The van der Waals surface area contributed by atoms with Crippen LogP contribution in [0.4, 0.5) is 0 Å². The Morgan fingerprint density at radius 1 is 1.29 bits per heavy atom. The van der Waals surface area contributed by atoms with Crippen LogP contribution in [0, 0.1) is 5.41 Å². The van der Waals surface area contributed by atoms with E-state index in [2.05, 4.69) is 10.6 Å². The SMILES string of the molecule is CC.CC1(C(=O)NC2CNC2=O)CCCCC1. The van der Waals surface area contributed by atoms with Crippen LogP contribution in [0.5, 0.6) is 0 Å². The fourth-order valence-electron chi connectivity index (χ4n) is 2.30. The smallest absolute Gasteiger partial charge is 0.244 e. The van der Waals surface area contributed by atoms with Crippen molar-refractivity contribution < 1.29 is 9.59 Å². The Morgan fingerprint density at radius 3 is 2.29 bits per heavy atom. The van der Waals surface area contributed by atoms with Gasteiger partial charge in [0, 0.05) is 12.0 Å². The second-order valence-corrected chi connectivity index (χ2v) is 4.89. The molecule has 1 atom stereocenters. The maximum atomic E-state index is 12.0. The Labute approximate surface area is 104 Å². The number of β-lactam (4-membered cyclic amide) rings is 1. The van der Waals surface area contributed by atoms with Gasteiger partial charge < -0.3 is 10.6 Å². The number of hydrogen-bond donors (Lipinski definition) is 2. The number of carbonyl (C=O) groups excluding carboxylic acids is 2. The van der Waals surface area contributed by atoms with E-state index in [1.165, 1.54) is 6.42 Å². The van der Waals surface area contributed by atoms with Gasteiger partial charge >= 0.3 is 0 Å². The van der Waals surface area contributed by atoms with Crippen molar-refractivity contribution in [1.29, 1.82) is 0 Å². The molecule has 0 aromatic heterocycles. The first kappa shape index (κ1) is 14.0. The van der Waals surface area contributed by atoms with Gasteiger partial charge in [0.15, 0.2) is 0 Å². The third kappa shape index (κ3) is 3.20. The lowest BCUT2D eigenvalue weighted by Gasteiger charge is -2.35. The molecule has 1 saturated heterocycles. The maximum Gasteiger partial charge on any atom is 0.244 e. The lowest BCUT2D eigenvalue weighted by Crippen LogP contribution is -2.63. The topological polar surface area (TPSA) is 58.2 Å². The van der Waals surface area contributed by atoms with Gasteiger partial charge in [0.05, 0.1) is 0 Å². The molecule has 2 aliphatic rings. The average Bonchev–Trinajstić information content (AvgIpc) is 2.37. The second kappa shape index (κ2) is 6.03. The van der Waals surface area contributed by atoms with Gasteiger partial charge in [-0.25, -0.2) is 0 Å². The van der Waals surface area contributed by atoms with Crippen molar-refractivity contribution in [3.05, 3.63) is 0 Å². The standard InChI is InChI=1S/C11H18N2O2.C2H6/c1-11(5-3-2-4-6-11)10(15)13-8-7-12-9(8)14;1-2/h8H,2-7H2,1H3,(H,12,14)(H,13,15);1-2H3. The summed E-state index contributed by atoms with van der Waals surface area (Å²) >= 11 is 0. The molecule has 0 aromatic rings. The van der Waals surface area contributed by atoms with Crippen molar-refractivity contribution in [2.24, 2.45) is 5.41 Å². The van der Waals surface area contributed by atoms with Crippen molar-refractivity contribution in [1.82, 2.24) is 10.6 Å². The highest BCUT2D eigenvalue weighted by Gasteiger charge is 2.38. The van der Waals surface area contributed by atoms with E-state index in [1.807, 2.05) is 20.8 Å². The van der Waals surface area contributed by atoms with Gasteiger partial charge in [0.25, 0.3) is 0 Å². The summed E-state index contributed by atoms with van der Waals surface area (Å²) in [6, 6.07) is -0.281. The normalized spacial score (nSPS) is 25.8. The molecule has 4 heteroatoms. The summed E-state index contributed by atoms with van der Waals surface area (Å²) in [5.74, 6) is 0.00445. The van der Waals surface area contributed by atoms with Crippen LogP contribution in [0.3, 0.4) is 0 Å². The Hall–Kier alpha value is -1.06. The van der Waals surface area contributed by atoms with Crippen LogP contribution in [0.25, 0.3) is 0 Å². The molecule has 2 fully saturated rings. The minimum absolute atomic E-state index is 0.0530. The van der Waals surface area contributed by atoms with Crippen LogP contribution < -0.4 is 10.6 Å². The quantitative estimate of drug-likeness (QED) is 0.720. The molecule has 1 unspecified atom stereocenters. The molecule has 17 heavy (non-hydrogen) atoms. The van der Waals surface area contributed by atoms with Gasteiger partial charge in [0.1, 0.15) is 6.04 Å². The van der Waals surface area contributed by atoms with E-state index in [1.54, 1.807) is 0 Å². The van der Waals surface area contributed by atoms with Crippen molar-refractivity contribution >= 4 is 11.8 Å². The molecule has 1 aliphatic heterocycles. The highest BCUT2D eigenvalue weighted by molar-refractivity contribution is 5.93. The maximum absolute atomic E-state index is 12.0. The fraction of sp³-hybridized carbons (Fsp3) is 0.846.